The molecule has 184 valence electrons. The molecule has 4 aromatic rings. The highest BCUT2D eigenvalue weighted by molar-refractivity contribution is 5.77. The van der Waals surface area contributed by atoms with E-state index in [1.165, 1.54) is 11.1 Å². The molecule has 5 heterocycles. The predicted octanol–water partition coefficient (Wildman–Crippen LogP) is 2.42. The van der Waals surface area contributed by atoms with E-state index in [9.17, 15) is 4.79 Å². The highest BCUT2D eigenvalue weighted by atomic mass is 16.6. The standard InChI is InChI=1S/C26H27N7O3/c1-3-11-32-24(34)20-14-28-25(29-19-8-7-18-13-27-10-9-17(18)12-19)31-23(20)33(32)22-6-4-5-21(30-22)26(35-2)15-36-16-26/h3-8,12,14,27H,1,9-11,13,15-16H2,2H3,(H,28,29,31). The smallest absolute Gasteiger partial charge is 0.278 e. The van der Waals surface area contributed by atoms with E-state index < -0.39 is 5.60 Å². The summed E-state index contributed by atoms with van der Waals surface area (Å²) < 4.78 is 14.4. The first kappa shape index (κ1) is 22.6. The normalized spacial score (nSPS) is 16.4. The zero-order chi connectivity index (χ0) is 24.7. The molecule has 0 unspecified atom stereocenters. The van der Waals surface area contributed by atoms with Crippen LogP contribution in [-0.4, -0.2) is 51.2 Å². The number of nitrogens with one attached hydrogen (secondary N) is 2. The quantitative estimate of drug-likeness (QED) is 0.384. The van der Waals surface area contributed by atoms with Gasteiger partial charge in [0.1, 0.15) is 5.39 Å². The summed E-state index contributed by atoms with van der Waals surface area (Å²) in [5, 5.41) is 7.09. The van der Waals surface area contributed by atoms with Crippen molar-refractivity contribution in [3.63, 3.8) is 0 Å². The van der Waals surface area contributed by atoms with E-state index in [4.69, 9.17) is 19.4 Å². The van der Waals surface area contributed by atoms with Gasteiger partial charge in [-0.05, 0) is 48.4 Å². The van der Waals surface area contributed by atoms with Crippen LogP contribution in [0.3, 0.4) is 0 Å². The van der Waals surface area contributed by atoms with Crippen LogP contribution in [0.25, 0.3) is 16.9 Å². The number of ether oxygens (including phenoxy) is 2. The third-order valence-corrected chi connectivity index (χ3v) is 6.81. The van der Waals surface area contributed by atoms with Gasteiger partial charge in [-0.15, -0.1) is 6.58 Å². The van der Waals surface area contributed by atoms with Crippen molar-refractivity contribution in [3.05, 3.63) is 82.4 Å². The number of allylic oxidation sites excluding steroid dienone is 1. The summed E-state index contributed by atoms with van der Waals surface area (Å²) in [5.74, 6) is 0.952. The van der Waals surface area contributed by atoms with Gasteiger partial charge in [-0.3, -0.25) is 4.79 Å². The van der Waals surface area contributed by atoms with Crippen LogP contribution >= 0.6 is 0 Å². The number of rotatable bonds is 7. The minimum atomic E-state index is -0.591. The molecule has 10 heteroatoms. The average molecular weight is 486 g/mol. The average Bonchev–Trinajstić information content (AvgIpc) is 3.15. The topological polar surface area (TPSA) is 108 Å². The van der Waals surface area contributed by atoms with Gasteiger partial charge >= 0.3 is 0 Å². The first-order valence-electron chi connectivity index (χ1n) is 11.9. The Morgan fingerprint density at radius 2 is 2.14 bits per heavy atom. The number of nitrogens with zero attached hydrogens (tertiary/aromatic N) is 5. The van der Waals surface area contributed by atoms with Crippen molar-refractivity contribution in [2.45, 2.75) is 25.1 Å². The zero-order valence-corrected chi connectivity index (χ0v) is 20.0. The number of methoxy groups -OCH3 is 1. The number of hydrogen-bond acceptors (Lipinski definition) is 8. The Morgan fingerprint density at radius 3 is 2.92 bits per heavy atom. The van der Waals surface area contributed by atoms with E-state index in [-0.39, 0.29) is 5.56 Å². The third-order valence-electron chi connectivity index (χ3n) is 6.81. The second kappa shape index (κ2) is 8.98. The Bertz CT molecular complexity index is 1510. The molecule has 6 rings (SSSR count). The van der Waals surface area contributed by atoms with Crippen molar-refractivity contribution >= 4 is 22.7 Å². The maximum atomic E-state index is 13.3. The molecule has 0 spiro atoms. The Morgan fingerprint density at radius 1 is 1.25 bits per heavy atom. The summed E-state index contributed by atoms with van der Waals surface area (Å²) in [6, 6.07) is 11.9. The van der Waals surface area contributed by atoms with Gasteiger partial charge in [0, 0.05) is 25.5 Å². The molecule has 1 saturated heterocycles. The summed E-state index contributed by atoms with van der Waals surface area (Å²) in [7, 11) is 1.65. The molecule has 1 fully saturated rings. The monoisotopic (exact) mass is 485 g/mol. The van der Waals surface area contributed by atoms with Gasteiger partial charge in [-0.2, -0.15) is 4.98 Å². The Labute approximate surface area is 207 Å². The van der Waals surface area contributed by atoms with Crippen LogP contribution in [-0.2, 0) is 34.6 Å². The summed E-state index contributed by atoms with van der Waals surface area (Å²) in [5.41, 5.74) is 3.91. The SMILES string of the molecule is C=CCn1c(=O)c2cnc(Nc3ccc4c(c3)CCNC4)nc2n1-c1cccc(C2(OC)COC2)n1. The minimum Gasteiger partial charge on any atom is -0.374 e. The molecule has 0 radical (unpaired) electrons. The van der Waals surface area contributed by atoms with Gasteiger partial charge in [-0.25, -0.2) is 19.3 Å². The van der Waals surface area contributed by atoms with Gasteiger partial charge < -0.3 is 20.1 Å². The number of benzene rings is 1. The van der Waals surface area contributed by atoms with Crippen molar-refractivity contribution in [3.8, 4) is 5.82 Å². The second-order valence-electron chi connectivity index (χ2n) is 9.03. The lowest BCUT2D eigenvalue weighted by atomic mass is 9.97. The number of pyridine rings is 1. The largest absolute Gasteiger partial charge is 0.374 e. The third kappa shape index (κ3) is 3.70. The fourth-order valence-electron chi connectivity index (χ4n) is 4.75. The van der Waals surface area contributed by atoms with E-state index in [1.54, 1.807) is 28.7 Å². The number of aromatic nitrogens is 5. The van der Waals surface area contributed by atoms with Crippen molar-refractivity contribution in [2.75, 3.05) is 32.2 Å². The van der Waals surface area contributed by atoms with Gasteiger partial charge in [0.25, 0.3) is 5.56 Å². The highest BCUT2D eigenvalue weighted by Gasteiger charge is 2.42. The number of fused-ring (bicyclic) bond motifs is 2. The van der Waals surface area contributed by atoms with Crippen LogP contribution in [0.5, 0.6) is 0 Å². The van der Waals surface area contributed by atoms with Gasteiger partial charge in [-0.1, -0.05) is 18.2 Å². The molecule has 2 N–H and O–H groups in total. The van der Waals surface area contributed by atoms with Gasteiger partial charge in [0.05, 0.1) is 25.5 Å². The van der Waals surface area contributed by atoms with E-state index in [1.807, 2.05) is 24.3 Å². The summed E-state index contributed by atoms with van der Waals surface area (Å²) >= 11 is 0. The first-order valence-corrected chi connectivity index (χ1v) is 11.9. The molecular formula is C26H27N7O3. The maximum Gasteiger partial charge on any atom is 0.278 e. The van der Waals surface area contributed by atoms with Crippen LogP contribution in [0.2, 0.25) is 0 Å². The molecule has 2 aliphatic heterocycles. The lowest BCUT2D eigenvalue weighted by Gasteiger charge is -2.39. The van der Waals surface area contributed by atoms with Crippen LogP contribution in [0.4, 0.5) is 11.6 Å². The van der Waals surface area contributed by atoms with Gasteiger partial charge in [0.15, 0.2) is 17.1 Å². The van der Waals surface area contributed by atoms with Crippen molar-refractivity contribution in [1.82, 2.24) is 29.6 Å². The molecule has 36 heavy (non-hydrogen) atoms. The summed E-state index contributed by atoms with van der Waals surface area (Å²) in [4.78, 5) is 27.3. The molecule has 0 aliphatic carbocycles. The Kier molecular flexibility index (Phi) is 5.63. The van der Waals surface area contributed by atoms with Crippen molar-refractivity contribution in [1.29, 1.82) is 0 Å². The molecular weight excluding hydrogens is 458 g/mol. The summed E-state index contributed by atoms with van der Waals surface area (Å²) in [6.45, 7) is 6.81. The lowest BCUT2D eigenvalue weighted by molar-refractivity contribution is -0.204. The molecule has 2 aliphatic rings. The molecule has 1 aromatic carbocycles. The second-order valence-corrected chi connectivity index (χ2v) is 9.03. The molecule has 0 atom stereocenters. The van der Waals surface area contributed by atoms with Crippen LogP contribution < -0.4 is 16.2 Å². The lowest BCUT2D eigenvalue weighted by Crippen LogP contribution is -2.49. The Hall–Kier alpha value is -3.86. The number of hydrogen-bond donors (Lipinski definition) is 2. The number of anilines is 2. The first-order chi connectivity index (χ1) is 17.6. The molecule has 0 amide bonds. The minimum absolute atomic E-state index is 0.210. The van der Waals surface area contributed by atoms with Crippen LogP contribution in [0.1, 0.15) is 16.8 Å². The zero-order valence-electron chi connectivity index (χ0n) is 20.0. The molecule has 3 aromatic heterocycles. The summed E-state index contributed by atoms with van der Waals surface area (Å²) in [6.07, 6.45) is 4.21. The predicted molar refractivity (Wildman–Crippen MR) is 136 cm³/mol. The Balaban J connectivity index is 1.44. The molecule has 0 bridgehead atoms. The van der Waals surface area contributed by atoms with E-state index in [0.29, 0.717) is 42.6 Å². The fraction of sp³-hybridized carbons (Fsp3) is 0.308. The van der Waals surface area contributed by atoms with Crippen molar-refractivity contribution < 1.29 is 9.47 Å². The van der Waals surface area contributed by atoms with Gasteiger partial charge in [0.2, 0.25) is 5.95 Å². The fourth-order valence-corrected chi connectivity index (χ4v) is 4.75. The van der Waals surface area contributed by atoms with E-state index in [2.05, 4.69) is 34.3 Å². The van der Waals surface area contributed by atoms with Crippen LogP contribution in [0.15, 0.2) is 60.0 Å². The highest BCUT2D eigenvalue weighted by Crippen LogP contribution is 2.32. The van der Waals surface area contributed by atoms with E-state index >= 15 is 0 Å². The van der Waals surface area contributed by atoms with Crippen molar-refractivity contribution in [2.24, 2.45) is 0 Å². The molecule has 0 saturated carbocycles. The van der Waals surface area contributed by atoms with Crippen LogP contribution in [0, 0.1) is 0 Å². The van der Waals surface area contributed by atoms with E-state index in [0.717, 1.165) is 30.9 Å². The molecule has 10 nitrogen and oxygen atoms in total. The maximum absolute atomic E-state index is 13.3.